The molecule has 2 aromatic heterocycles. The molecule has 1 aliphatic heterocycles. The van der Waals surface area contributed by atoms with Crippen molar-refractivity contribution in [3.05, 3.63) is 46.7 Å². The SMILES string of the molecule is CC(C)c1nc(CN2CCC(c3c[nH]c4ccccc34)CC2)c(N=S(=O)=O)s1. The number of nitrogens with zero attached hydrogens (tertiary/aromatic N) is 3. The van der Waals surface area contributed by atoms with Crippen LogP contribution in [0, 0.1) is 0 Å². The molecule has 4 rings (SSSR count). The van der Waals surface area contributed by atoms with Crippen molar-refractivity contribution >= 4 is 37.7 Å². The molecular weight excluding hydrogens is 392 g/mol. The summed E-state index contributed by atoms with van der Waals surface area (Å²) in [7, 11) is -2.45. The van der Waals surface area contributed by atoms with Gasteiger partial charge in [-0.25, -0.2) is 4.98 Å². The number of hydrogen-bond donors (Lipinski definition) is 1. The Labute approximate surface area is 170 Å². The van der Waals surface area contributed by atoms with Crippen LogP contribution in [0.1, 0.15) is 54.8 Å². The van der Waals surface area contributed by atoms with Crippen molar-refractivity contribution in [2.75, 3.05) is 13.1 Å². The Balaban J connectivity index is 1.47. The second-order valence-corrected chi connectivity index (χ2v) is 9.23. The first-order valence-corrected chi connectivity index (χ1v) is 11.4. The highest BCUT2D eigenvalue weighted by Gasteiger charge is 2.24. The third kappa shape index (κ3) is 4.04. The average molecular weight is 417 g/mol. The van der Waals surface area contributed by atoms with E-state index in [4.69, 9.17) is 0 Å². The summed E-state index contributed by atoms with van der Waals surface area (Å²) in [5.74, 6) is 0.813. The maximum Gasteiger partial charge on any atom is 0.317 e. The molecule has 0 saturated carbocycles. The zero-order valence-electron chi connectivity index (χ0n) is 16.1. The molecule has 0 bridgehead atoms. The van der Waals surface area contributed by atoms with Gasteiger partial charge in [0.05, 0.1) is 10.7 Å². The molecule has 148 valence electrons. The molecule has 1 aromatic carbocycles. The topological polar surface area (TPSA) is 78.4 Å². The number of thiazole rings is 1. The second-order valence-electron chi connectivity index (χ2n) is 7.61. The number of aromatic nitrogens is 2. The first-order valence-electron chi connectivity index (χ1n) is 9.60. The third-order valence-electron chi connectivity index (χ3n) is 5.37. The summed E-state index contributed by atoms with van der Waals surface area (Å²) in [6, 6.07) is 8.46. The van der Waals surface area contributed by atoms with E-state index in [-0.39, 0.29) is 5.92 Å². The minimum absolute atomic E-state index is 0.264. The summed E-state index contributed by atoms with van der Waals surface area (Å²) >= 11 is 1.38. The van der Waals surface area contributed by atoms with Crippen LogP contribution in [-0.4, -0.2) is 36.4 Å². The van der Waals surface area contributed by atoms with Gasteiger partial charge >= 0.3 is 10.5 Å². The first kappa shape index (κ1) is 19.3. The van der Waals surface area contributed by atoms with E-state index in [1.165, 1.54) is 27.8 Å². The molecule has 3 aromatic rings. The van der Waals surface area contributed by atoms with Gasteiger partial charge in [-0.1, -0.05) is 43.4 Å². The number of nitrogens with one attached hydrogen (secondary N) is 1. The van der Waals surface area contributed by atoms with Crippen LogP contribution in [-0.2, 0) is 17.0 Å². The monoisotopic (exact) mass is 416 g/mol. The summed E-state index contributed by atoms with van der Waals surface area (Å²) in [6.07, 6.45) is 4.33. The lowest BCUT2D eigenvalue weighted by Gasteiger charge is -2.31. The van der Waals surface area contributed by atoms with Gasteiger partial charge in [0.1, 0.15) is 0 Å². The Morgan fingerprint density at radius 3 is 2.75 bits per heavy atom. The average Bonchev–Trinajstić information content (AvgIpc) is 3.27. The van der Waals surface area contributed by atoms with Crippen LogP contribution in [0.25, 0.3) is 10.9 Å². The maximum absolute atomic E-state index is 11.1. The predicted molar refractivity (Wildman–Crippen MR) is 113 cm³/mol. The van der Waals surface area contributed by atoms with Crippen molar-refractivity contribution in [2.24, 2.45) is 4.36 Å². The second kappa shape index (κ2) is 8.14. The molecule has 3 heterocycles. The predicted octanol–water partition coefficient (Wildman–Crippen LogP) is 4.82. The number of aromatic amines is 1. The normalized spacial score (nSPS) is 16.1. The standard InChI is InChI=1S/C20H24N4O2S2/c1-13(2)19-22-18(20(27-19)23-28(25)26)12-24-9-7-14(8-10-24)16-11-21-17-6-4-3-5-15(16)17/h3-6,11,13-14,21H,7-10,12H2,1-2H3. The van der Waals surface area contributed by atoms with E-state index < -0.39 is 10.5 Å². The largest absolute Gasteiger partial charge is 0.361 e. The van der Waals surface area contributed by atoms with E-state index in [1.54, 1.807) is 0 Å². The van der Waals surface area contributed by atoms with Gasteiger partial charge in [-0.15, -0.1) is 4.36 Å². The van der Waals surface area contributed by atoms with Gasteiger partial charge in [-0.05, 0) is 43.5 Å². The fourth-order valence-corrected chi connectivity index (χ4v) is 5.29. The fourth-order valence-electron chi connectivity index (χ4n) is 3.90. The highest BCUT2D eigenvalue weighted by Crippen LogP contribution is 2.36. The fraction of sp³-hybridized carbons (Fsp3) is 0.450. The Morgan fingerprint density at radius 1 is 1.29 bits per heavy atom. The van der Waals surface area contributed by atoms with Crippen molar-refractivity contribution in [1.82, 2.24) is 14.9 Å². The van der Waals surface area contributed by atoms with E-state index in [0.717, 1.165) is 36.6 Å². The number of benzene rings is 1. The summed E-state index contributed by atoms with van der Waals surface area (Å²) < 4.78 is 25.9. The molecule has 1 N–H and O–H groups in total. The molecule has 0 aliphatic carbocycles. The minimum atomic E-state index is -2.45. The number of para-hydroxylation sites is 1. The molecule has 0 atom stereocenters. The van der Waals surface area contributed by atoms with Crippen LogP contribution in [0.3, 0.4) is 0 Å². The molecular formula is C20H24N4O2S2. The lowest BCUT2D eigenvalue weighted by molar-refractivity contribution is 0.203. The Bertz CT molecular complexity index is 1100. The van der Waals surface area contributed by atoms with Crippen LogP contribution in [0.15, 0.2) is 34.8 Å². The smallest absolute Gasteiger partial charge is 0.317 e. The Hall–Kier alpha value is -2.03. The van der Waals surface area contributed by atoms with Crippen molar-refractivity contribution in [1.29, 1.82) is 0 Å². The number of hydrogen-bond acceptors (Lipinski definition) is 6. The van der Waals surface area contributed by atoms with Crippen LogP contribution >= 0.6 is 11.3 Å². The Morgan fingerprint density at radius 2 is 2.04 bits per heavy atom. The summed E-state index contributed by atoms with van der Waals surface area (Å²) in [5, 5.41) is 2.78. The van der Waals surface area contributed by atoms with Crippen LogP contribution in [0.4, 0.5) is 5.00 Å². The quantitative estimate of drug-likeness (QED) is 0.647. The molecule has 28 heavy (non-hydrogen) atoms. The highest BCUT2D eigenvalue weighted by atomic mass is 32.2. The van der Waals surface area contributed by atoms with Gasteiger partial charge in [0, 0.05) is 29.6 Å². The van der Waals surface area contributed by atoms with E-state index in [2.05, 4.69) is 63.5 Å². The molecule has 1 aliphatic rings. The third-order valence-corrected chi connectivity index (χ3v) is 7.11. The molecule has 1 fully saturated rings. The van der Waals surface area contributed by atoms with Crippen LogP contribution < -0.4 is 0 Å². The number of piperidine rings is 1. The summed E-state index contributed by atoms with van der Waals surface area (Å²) in [4.78, 5) is 10.4. The lowest BCUT2D eigenvalue weighted by Crippen LogP contribution is -2.32. The van der Waals surface area contributed by atoms with Crippen molar-refractivity contribution in [3.8, 4) is 0 Å². The molecule has 0 radical (unpaired) electrons. The molecule has 6 nitrogen and oxygen atoms in total. The number of rotatable bonds is 5. The van der Waals surface area contributed by atoms with E-state index in [0.29, 0.717) is 17.5 Å². The highest BCUT2D eigenvalue weighted by molar-refractivity contribution is 7.62. The zero-order chi connectivity index (χ0) is 19.7. The van der Waals surface area contributed by atoms with Gasteiger partial charge in [-0.3, -0.25) is 4.90 Å². The van der Waals surface area contributed by atoms with E-state index in [9.17, 15) is 8.42 Å². The van der Waals surface area contributed by atoms with Crippen LogP contribution in [0.5, 0.6) is 0 Å². The summed E-state index contributed by atoms with van der Waals surface area (Å²) in [5.41, 5.74) is 3.38. The van der Waals surface area contributed by atoms with Gasteiger partial charge in [0.15, 0.2) is 5.00 Å². The molecule has 0 amide bonds. The first-order chi connectivity index (χ1) is 13.5. The van der Waals surface area contributed by atoms with Crippen molar-refractivity contribution in [3.63, 3.8) is 0 Å². The van der Waals surface area contributed by atoms with Gasteiger partial charge in [-0.2, -0.15) is 8.42 Å². The molecule has 8 heteroatoms. The van der Waals surface area contributed by atoms with Gasteiger partial charge in [0.2, 0.25) is 0 Å². The number of H-pyrrole nitrogens is 1. The van der Waals surface area contributed by atoms with Crippen molar-refractivity contribution in [2.45, 2.75) is 45.1 Å². The van der Waals surface area contributed by atoms with Crippen LogP contribution in [0.2, 0.25) is 0 Å². The van der Waals surface area contributed by atoms with Crippen molar-refractivity contribution < 1.29 is 8.42 Å². The molecule has 0 spiro atoms. The minimum Gasteiger partial charge on any atom is -0.361 e. The number of likely N-dealkylation sites (tertiary alicyclic amines) is 1. The summed E-state index contributed by atoms with van der Waals surface area (Å²) in [6.45, 7) is 6.72. The van der Waals surface area contributed by atoms with E-state index in [1.807, 2.05) is 0 Å². The molecule has 1 saturated heterocycles. The number of fused-ring (bicyclic) bond motifs is 1. The zero-order valence-corrected chi connectivity index (χ0v) is 17.7. The lowest BCUT2D eigenvalue weighted by atomic mass is 9.89. The maximum atomic E-state index is 11.1. The van der Waals surface area contributed by atoms with Gasteiger partial charge in [0.25, 0.3) is 0 Å². The van der Waals surface area contributed by atoms with Gasteiger partial charge < -0.3 is 4.98 Å². The molecule has 0 unspecified atom stereocenters. The Kier molecular flexibility index (Phi) is 5.61. The van der Waals surface area contributed by atoms with E-state index >= 15 is 0 Å².